The summed E-state index contributed by atoms with van der Waals surface area (Å²) in [5.41, 5.74) is 3.49. The van der Waals surface area contributed by atoms with E-state index in [0.29, 0.717) is 22.2 Å². The molecule has 0 spiro atoms. The minimum Gasteiger partial charge on any atom is -0.368 e. The molecule has 0 saturated carbocycles. The minimum atomic E-state index is -0.445. The number of pyridine rings is 2. The van der Waals surface area contributed by atoms with Crippen LogP contribution in [0.2, 0.25) is 0 Å². The number of anilines is 1. The number of hydrogen-bond donors (Lipinski definition) is 0. The zero-order chi connectivity index (χ0) is 23.4. The van der Waals surface area contributed by atoms with Gasteiger partial charge in [0.25, 0.3) is 11.2 Å². The number of hydrogen-bond acceptors (Lipinski definition) is 6. The van der Waals surface area contributed by atoms with Crippen molar-refractivity contribution in [2.45, 2.75) is 0 Å². The summed E-state index contributed by atoms with van der Waals surface area (Å²) >= 11 is 0. The normalized spacial score (nSPS) is 14.9. The molecule has 0 amide bonds. The molecule has 0 radical (unpaired) electrons. The minimum absolute atomic E-state index is 0.0238. The number of aromatic nitrogens is 3. The lowest BCUT2D eigenvalue weighted by Crippen LogP contribution is -2.44. The Bertz CT molecular complexity index is 1630. The molecule has 0 N–H and O–H groups in total. The molecule has 170 valence electrons. The first-order valence-corrected chi connectivity index (χ1v) is 11.2. The largest absolute Gasteiger partial charge is 0.368 e. The van der Waals surface area contributed by atoms with Crippen molar-refractivity contribution < 1.29 is 4.92 Å². The number of nitro benzene ring substituents is 1. The van der Waals surface area contributed by atoms with Crippen molar-refractivity contribution >= 4 is 39.0 Å². The van der Waals surface area contributed by atoms with Crippen LogP contribution in [0.4, 0.5) is 11.4 Å². The van der Waals surface area contributed by atoms with E-state index in [9.17, 15) is 14.9 Å². The smallest absolute Gasteiger partial charge is 0.269 e. The van der Waals surface area contributed by atoms with Crippen molar-refractivity contribution in [1.82, 2.24) is 18.9 Å². The summed E-state index contributed by atoms with van der Waals surface area (Å²) in [6, 6.07) is 17.5. The summed E-state index contributed by atoms with van der Waals surface area (Å²) in [4.78, 5) is 33.9. The van der Waals surface area contributed by atoms with Gasteiger partial charge in [-0.05, 0) is 37.4 Å². The lowest BCUT2D eigenvalue weighted by Gasteiger charge is -2.34. The van der Waals surface area contributed by atoms with Gasteiger partial charge in [-0.2, -0.15) is 0 Å². The fraction of sp³-hybridized carbons (Fsp3) is 0.200. The molecule has 1 saturated heterocycles. The van der Waals surface area contributed by atoms with Gasteiger partial charge in [0.05, 0.1) is 16.3 Å². The van der Waals surface area contributed by atoms with Gasteiger partial charge in [-0.3, -0.25) is 23.9 Å². The van der Waals surface area contributed by atoms with Crippen molar-refractivity contribution in [3.05, 3.63) is 87.3 Å². The van der Waals surface area contributed by atoms with E-state index in [2.05, 4.69) is 22.9 Å². The van der Waals surface area contributed by atoms with Crippen molar-refractivity contribution in [3.63, 3.8) is 0 Å². The maximum Gasteiger partial charge on any atom is 0.269 e. The second kappa shape index (κ2) is 7.67. The van der Waals surface area contributed by atoms with Crippen molar-refractivity contribution in [1.29, 1.82) is 0 Å². The lowest BCUT2D eigenvalue weighted by molar-refractivity contribution is -0.384. The third-order valence-corrected chi connectivity index (χ3v) is 6.59. The van der Waals surface area contributed by atoms with Gasteiger partial charge in [0.15, 0.2) is 5.65 Å². The topological polar surface area (TPSA) is 88.9 Å². The molecular formula is C25H22N6O3. The summed E-state index contributed by atoms with van der Waals surface area (Å²) in [5, 5.41) is 12.5. The number of rotatable bonds is 3. The summed E-state index contributed by atoms with van der Waals surface area (Å²) in [6.45, 7) is 3.82. The Morgan fingerprint density at radius 2 is 1.56 bits per heavy atom. The first-order chi connectivity index (χ1) is 16.5. The molecule has 4 heterocycles. The first kappa shape index (κ1) is 20.4. The SMILES string of the molecule is CN1CCN(c2ccc3nc4c5ccccc5c(=O)n(-c5ccc([N+](=O)[O-])cc5)c4n3c2)CC1. The monoisotopic (exact) mass is 454 g/mol. The number of imidazole rings is 1. The molecular weight excluding hydrogens is 432 g/mol. The highest BCUT2D eigenvalue weighted by molar-refractivity contribution is 6.04. The molecule has 0 aliphatic carbocycles. The summed E-state index contributed by atoms with van der Waals surface area (Å²) in [6.07, 6.45) is 2.03. The second-order valence-electron chi connectivity index (χ2n) is 8.65. The van der Waals surface area contributed by atoms with Crippen LogP contribution in [0.15, 0.2) is 71.7 Å². The van der Waals surface area contributed by atoms with Gasteiger partial charge in [0.2, 0.25) is 0 Å². The third kappa shape index (κ3) is 3.12. The van der Waals surface area contributed by atoms with Crippen LogP contribution in [0.1, 0.15) is 0 Å². The predicted molar refractivity (Wildman–Crippen MR) is 132 cm³/mol. The van der Waals surface area contributed by atoms with E-state index in [1.807, 2.05) is 34.9 Å². The number of likely N-dealkylation sites (N-methyl/N-ethyl adjacent to an activating group) is 1. The van der Waals surface area contributed by atoms with Gasteiger partial charge < -0.3 is 9.80 Å². The molecule has 0 unspecified atom stereocenters. The zero-order valence-corrected chi connectivity index (χ0v) is 18.6. The molecule has 2 aromatic carbocycles. The summed E-state index contributed by atoms with van der Waals surface area (Å²) in [7, 11) is 2.12. The summed E-state index contributed by atoms with van der Waals surface area (Å²) in [5.74, 6) is 0. The van der Waals surface area contributed by atoms with Crippen LogP contribution < -0.4 is 10.5 Å². The Labute approximate surface area is 194 Å². The maximum absolute atomic E-state index is 13.7. The third-order valence-electron chi connectivity index (χ3n) is 6.59. The molecule has 0 bridgehead atoms. The van der Waals surface area contributed by atoms with Gasteiger partial charge in [-0.1, -0.05) is 18.2 Å². The molecule has 1 fully saturated rings. The van der Waals surface area contributed by atoms with Crippen LogP contribution in [0.5, 0.6) is 0 Å². The zero-order valence-electron chi connectivity index (χ0n) is 18.6. The van der Waals surface area contributed by atoms with Gasteiger partial charge >= 0.3 is 0 Å². The van der Waals surface area contributed by atoms with E-state index in [4.69, 9.17) is 4.98 Å². The predicted octanol–water partition coefficient (Wildman–Crippen LogP) is 3.45. The number of piperazine rings is 1. The summed E-state index contributed by atoms with van der Waals surface area (Å²) < 4.78 is 3.56. The van der Waals surface area contributed by atoms with E-state index in [1.54, 1.807) is 22.8 Å². The van der Waals surface area contributed by atoms with Crippen LogP contribution in [0.25, 0.3) is 33.3 Å². The van der Waals surface area contributed by atoms with Gasteiger partial charge in [0.1, 0.15) is 11.2 Å². The van der Waals surface area contributed by atoms with Gasteiger partial charge in [-0.25, -0.2) is 4.98 Å². The van der Waals surface area contributed by atoms with Crippen molar-refractivity contribution in [2.75, 3.05) is 38.1 Å². The Morgan fingerprint density at radius 1 is 0.882 bits per heavy atom. The lowest BCUT2D eigenvalue weighted by atomic mass is 10.1. The average molecular weight is 454 g/mol. The number of non-ortho nitro benzene ring substituents is 1. The second-order valence-corrected chi connectivity index (χ2v) is 8.65. The number of nitro groups is 1. The van der Waals surface area contributed by atoms with E-state index in [-0.39, 0.29) is 11.2 Å². The Morgan fingerprint density at radius 3 is 2.26 bits per heavy atom. The fourth-order valence-corrected chi connectivity index (χ4v) is 4.72. The van der Waals surface area contributed by atoms with Gasteiger partial charge in [0, 0.05) is 55.3 Å². The van der Waals surface area contributed by atoms with E-state index in [0.717, 1.165) is 42.9 Å². The Kier molecular flexibility index (Phi) is 4.59. The molecule has 5 aromatic rings. The van der Waals surface area contributed by atoms with Gasteiger partial charge in [-0.15, -0.1) is 0 Å². The van der Waals surface area contributed by atoms with Crippen molar-refractivity contribution in [3.8, 4) is 5.69 Å². The highest BCUT2D eigenvalue weighted by Crippen LogP contribution is 2.28. The highest BCUT2D eigenvalue weighted by atomic mass is 16.6. The van der Waals surface area contributed by atoms with Crippen LogP contribution >= 0.6 is 0 Å². The molecule has 9 heteroatoms. The fourth-order valence-electron chi connectivity index (χ4n) is 4.72. The molecule has 1 aliphatic heterocycles. The molecule has 1 aliphatic rings. The molecule has 9 nitrogen and oxygen atoms in total. The molecule has 0 atom stereocenters. The van der Waals surface area contributed by atoms with Crippen LogP contribution in [0, 0.1) is 10.1 Å². The first-order valence-electron chi connectivity index (χ1n) is 11.2. The molecule has 3 aromatic heterocycles. The maximum atomic E-state index is 13.7. The highest BCUT2D eigenvalue weighted by Gasteiger charge is 2.20. The number of fused-ring (bicyclic) bond motifs is 5. The van der Waals surface area contributed by atoms with Crippen molar-refractivity contribution in [2.24, 2.45) is 0 Å². The van der Waals surface area contributed by atoms with Crippen LogP contribution in [-0.4, -0.2) is 57.0 Å². The Balaban J connectivity index is 1.65. The van der Waals surface area contributed by atoms with E-state index >= 15 is 0 Å². The number of nitrogens with zero attached hydrogens (tertiary/aromatic N) is 6. The molecule has 34 heavy (non-hydrogen) atoms. The standard InChI is InChI=1S/C25H22N6O3/c1-27-12-14-28(15-13-27)19-10-11-22-26-23-20-4-2-3-5-21(20)25(32)30(24(23)29(22)16-19)17-6-8-18(9-7-17)31(33)34/h2-11,16H,12-15H2,1H3. The van der Waals surface area contributed by atoms with E-state index < -0.39 is 4.92 Å². The van der Waals surface area contributed by atoms with Crippen LogP contribution in [0.3, 0.4) is 0 Å². The number of benzene rings is 2. The Hall–Kier alpha value is -4.24. The van der Waals surface area contributed by atoms with Crippen LogP contribution in [-0.2, 0) is 0 Å². The molecule has 6 rings (SSSR count). The quantitative estimate of drug-likeness (QED) is 0.306. The van der Waals surface area contributed by atoms with E-state index in [1.165, 1.54) is 12.1 Å². The average Bonchev–Trinajstić information content (AvgIpc) is 3.24.